The average Bonchev–Trinajstić information content (AvgIpc) is 3.19. The van der Waals surface area contributed by atoms with Crippen molar-refractivity contribution in [2.45, 2.75) is 25.2 Å². The van der Waals surface area contributed by atoms with E-state index in [-0.39, 0.29) is 0 Å². The second-order valence-electron chi connectivity index (χ2n) is 8.00. The number of nitrogens with zero attached hydrogens (tertiary/aromatic N) is 6. The standard InChI is InChI=1S/C21H28N6O/c1-25-8-4-16(5-9-25)19-18-6-10-27(17-3-2-7-22-15-17)20(18)24-21(23-19)26-11-13-28-14-12-26/h2-3,7,15-16H,4-6,8-14H2,1H3. The lowest BCUT2D eigenvalue weighted by Gasteiger charge is -2.32. The maximum Gasteiger partial charge on any atom is 0.227 e. The van der Waals surface area contributed by atoms with Crippen LogP contribution in [0, 0.1) is 0 Å². The molecule has 7 heteroatoms. The highest BCUT2D eigenvalue weighted by atomic mass is 16.5. The van der Waals surface area contributed by atoms with Crippen molar-refractivity contribution in [1.82, 2.24) is 19.9 Å². The van der Waals surface area contributed by atoms with E-state index >= 15 is 0 Å². The predicted molar refractivity (Wildman–Crippen MR) is 109 cm³/mol. The van der Waals surface area contributed by atoms with E-state index in [0.29, 0.717) is 5.92 Å². The Kier molecular flexibility index (Phi) is 4.86. The zero-order valence-corrected chi connectivity index (χ0v) is 16.5. The Hall–Kier alpha value is -2.25. The highest BCUT2D eigenvalue weighted by Crippen LogP contribution is 2.40. The second-order valence-corrected chi connectivity index (χ2v) is 8.00. The van der Waals surface area contributed by atoms with Crippen LogP contribution in [0.4, 0.5) is 17.5 Å². The van der Waals surface area contributed by atoms with E-state index in [9.17, 15) is 0 Å². The number of fused-ring (bicyclic) bond motifs is 1. The van der Waals surface area contributed by atoms with Gasteiger partial charge in [0.15, 0.2) is 0 Å². The zero-order chi connectivity index (χ0) is 18.9. The van der Waals surface area contributed by atoms with E-state index < -0.39 is 0 Å². The number of hydrogen-bond acceptors (Lipinski definition) is 7. The van der Waals surface area contributed by atoms with Crippen LogP contribution in [0.1, 0.15) is 30.0 Å². The first kappa shape index (κ1) is 17.8. The van der Waals surface area contributed by atoms with Gasteiger partial charge in [0.1, 0.15) is 5.82 Å². The van der Waals surface area contributed by atoms with Crippen LogP contribution >= 0.6 is 0 Å². The predicted octanol–water partition coefficient (Wildman–Crippen LogP) is 2.21. The molecule has 2 aromatic rings. The van der Waals surface area contributed by atoms with Crippen molar-refractivity contribution in [2.75, 3.05) is 62.8 Å². The number of likely N-dealkylation sites (tertiary alicyclic amines) is 1. The smallest absolute Gasteiger partial charge is 0.227 e. The maximum absolute atomic E-state index is 5.54. The van der Waals surface area contributed by atoms with Crippen molar-refractivity contribution in [3.63, 3.8) is 0 Å². The molecule has 0 atom stereocenters. The number of aromatic nitrogens is 3. The summed E-state index contributed by atoms with van der Waals surface area (Å²) in [6, 6.07) is 4.11. The van der Waals surface area contributed by atoms with Crippen molar-refractivity contribution in [3.8, 4) is 0 Å². The number of hydrogen-bond donors (Lipinski definition) is 0. The van der Waals surface area contributed by atoms with Gasteiger partial charge in [0.2, 0.25) is 5.95 Å². The number of piperidine rings is 1. The van der Waals surface area contributed by atoms with Gasteiger partial charge in [-0.15, -0.1) is 0 Å². The Labute approximate surface area is 166 Å². The van der Waals surface area contributed by atoms with Crippen LogP contribution in [-0.4, -0.2) is 72.8 Å². The van der Waals surface area contributed by atoms with Gasteiger partial charge in [0.25, 0.3) is 0 Å². The molecule has 5 rings (SSSR count). The molecule has 0 aliphatic carbocycles. The summed E-state index contributed by atoms with van der Waals surface area (Å²) in [5, 5.41) is 0. The average molecular weight is 380 g/mol. The highest BCUT2D eigenvalue weighted by molar-refractivity contribution is 5.68. The molecule has 2 aromatic heterocycles. The summed E-state index contributed by atoms with van der Waals surface area (Å²) in [5.41, 5.74) is 3.74. The Bertz CT molecular complexity index is 815. The third kappa shape index (κ3) is 3.33. The van der Waals surface area contributed by atoms with Crippen molar-refractivity contribution < 1.29 is 4.74 Å². The molecule has 0 N–H and O–H groups in total. The summed E-state index contributed by atoms with van der Waals surface area (Å²) in [4.78, 5) is 21.5. The van der Waals surface area contributed by atoms with E-state index in [0.717, 1.165) is 69.8 Å². The van der Waals surface area contributed by atoms with E-state index in [1.165, 1.54) is 24.1 Å². The quantitative estimate of drug-likeness (QED) is 0.809. The molecule has 2 fully saturated rings. The first-order valence-corrected chi connectivity index (χ1v) is 10.4. The fraction of sp³-hybridized carbons (Fsp3) is 0.571. The van der Waals surface area contributed by atoms with Gasteiger partial charge in [-0.05, 0) is 51.5 Å². The van der Waals surface area contributed by atoms with E-state index in [1.807, 2.05) is 18.5 Å². The summed E-state index contributed by atoms with van der Waals surface area (Å²) in [7, 11) is 2.21. The minimum atomic E-state index is 0.529. The molecule has 3 aliphatic heterocycles. The van der Waals surface area contributed by atoms with Gasteiger partial charge in [-0.3, -0.25) is 4.98 Å². The summed E-state index contributed by atoms with van der Waals surface area (Å²) in [6.45, 7) is 6.44. The Morgan fingerprint density at radius 3 is 2.61 bits per heavy atom. The molecule has 28 heavy (non-hydrogen) atoms. The molecule has 0 bridgehead atoms. The van der Waals surface area contributed by atoms with Gasteiger partial charge in [0, 0.05) is 37.3 Å². The molecule has 3 aliphatic rings. The van der Waals surface area contributed by atoms with E-state index in [2.05, 4.69) is 32.8 Å². The molecule has 0 unspecified atom stereocenters. The molecule has 0 amide bonds. The third-order valence-electron chi connectivity index (χ3n) is 6.20. The summed E-state index contributed by atoms with van der Waals surface area (Å²) in [6.07, 6.45) is 7.12. The van der Waals surface area contributed by atoms with Crippen molar-refractivity contribution >= 4 is 17.5 Å². The van der Waals surface area contributed by atoms with Crippen LogP contribution in [0.2, 0.25) is 0 Å². The molecule has 0 saturated carbocycles. The van der Waals surface area contributed by atoms with Gasteiger partial charge in [-0.2, -0.15) is 4.98 Å². The molecule has 0 aromatic carbocycles. The minimum absolute atomic E-state index is 0.529. The summed E-state index contributed by atoms with van der Waals surface area (Å²) in [5.74, 6) is 2.48. The number of ether oxygens (including phenoxy) is 1. The number of morpholine rings is 1. The lowest BCUT2D eigenvalue weighted by molar-refractivity contribution is 0.122. The van der Waals surface area contributed by atoms with Crippen molar-refractivity contribution in [2.24, 2.45) is 0 Å². The molecule has 5 heterocycles. The normalized spacial score (nSPS) is 21.2. The first-order valence-electron chi connectivity index (χ1n) is 10.4. The number of pyridine rings is 1. The Morgan fingerprint density at radius 2 is 1.86 bits per heavy atom. The molecule has 7 nitrogen and oxygen atoms in total. The lowest BCUT2D eigenvalue weighted by Crippen LogP contribution is -2.38. The summed E-state index contributed by atoms with van der Waals surface area (Å²) < 4.78 is 5.54. The molecular formula is C21H28N6O. The minimum Gasteiger partial charge on any atom is -0.378 e. The van der Waals surface area contributed by atoms with Gasteiger partial charge in [-0.1, -0.05) is 0 Å². The molecule has 2 saturated heterocycles. The van der Waals surface area contributed by atoms with Crippen molar-refractivity contribution in [1.29, 1.82) is 0 Å². The molecule has 0 radical (unpaired) electrons. The van der Waals surface area contributed by atoms with E-state index in [4.69, 9.17) is 14.7 Å². The third-order valence-corrected chi connectivity index (χ3v) is 6.20. The maximum atomic E-state index is 5.54. The van der Waals surface area contributed by atoms with Gasteiger partial charge < -0.3 is 19.4 Å². The Morgan fingerprint density at radius 1 is 1.04 bits per heavy atom. The topological polar surface area (TPSA) is 57.6 Å². The van der Waals surface area contributed by atoms with Gasteiger partial charge in [-0.25, -0.2) is 4.98 Å². The van der Waals surface area contributed by atoms with Crippen LogP contribution in [0.15, 0.2) is 24.5 Å². The SMILES string of the molecule is CN1CCC(c2nc(N3CCOCC3)nc3c2CCN3c2cccnc2)CC1. The van der Waals surface area contributed by atoms with Gasteiger partial charge >= 0.3 is 0 Å². The summed E-state index contributed by atoms with van der Waals surface area (Å²) >= 11 is 0. The van der Waals surface area contributed by atoms with Crippen LogP contribution in [0.5, 0.6) is 0 Å². The van der Waals surface area contributed by atoms with Crippen LogP contribution in [0.25, 0.3) is 0 Å². The van der Waals surface area contributed by atoms with Crippen LogP contribution in [-0.2, 0) is 11.2 Å². The number of anilines is 3. The zero-order valence-electron chi connectivity index (χ0n) is 16.5. The van der Waals surface area contributed by atoms with Crippen molar-refractivity contribution in [3.05, 3.63) is 35.8 Å². The molecular weight excluding hydrogens is 352 g/mol. The first-order chi connectivity index (χ1) is 13.8. The largest absolute Gasteiger partial charge is 0.378 e. The second kappa shape index (κ2) is 7.64. The van der Waals surface area contributed by atoms with Crippen LogP contribution < -0.4 is 9.80 Å². The fourth-order valence-electron chi connectivity index (χ4n) is 4.56. The van der Waals surface area contributed by atoms with E-state index in [1.54, 1.807) is 0 Å². The Balaban J connectivity index is 1.55. The highest BCUT2D eigenvalue weighted by Gasteiger charge is 2.32. The molecule has 148 valence electrons. The van der Waals surface area contributed by atoms with Crippen LogP contribution in [0.3, 0.4) is 0 Å². The van der Waals surface area contributed by atoms with Gasteiger partial charge in [0.05, 0.1) is 30.8 Å². The number of rotatable bonds is 3. The lowest BCUT2D eigenvalue weighted by atomic mass is 9.90. The fourth-order valence-corrected chi connectivity index (χ4v) is 4.56. The monoisotopic (exact) mass is 380 g/mol. The molecule has 0 spiro atoms.